The fraction of sp³-hybridized carbons (Fsp3) is 0.316. The van der Waals surface area contributed by atoms with Crippen molar-refractivity contribution >= 4 is 11.7 Å². The number of rotatable bonds is 3. The van der Waals surface area contributed by atoms with Gasteiger partial charge in [-0.15, -0.1) is 0 Å². The number of hydrogen-bond donors (Lipinski definition) is 1. The van der Waals surface area contributed by atoms with Gasteiger partial charge in [0, 0.05) is 38.4 Å². The summed E-state index contributed by atoms with van der Waals surface area (Å²) in [5.41, 5.74) is 3.18. The maximum Gasteiger partial charge on any atom is 0.321 e. The third kappa shape index (κ3) is 4.32. The van der Waals surface area contributed by atoms with Crippen LogP contribution in [0.1, 0.15) is 11.1 Å². The van der Waals surface area contributed by atoms with Crippen molar-refractivity contribution in [2.45, 2.75) is 13.5 Å². The summed E-state index contributed by atoms with van der Waals surface area (Å²) in [6.45, 7) is 6.09. The van der Waals surface area contributed by atoms with Crippen molar-refractivity contribution in [3.8, 4) is 0 Å². The minimum Gasteiger partial charge on any atom is -0.322 e. The number of piperazine rings is 1. The van der Waals surface area contributed by atoms with Crippen LogP contribution in [-0.2, 0) is 6.54 Å². The molecule has 1 aliphatic rings. The molecule has 1 heterocycles. The topological polar surface area (TPSA) is 35.6 Å². The predicted octanol–water partition coefficient (Wildman–Crippen LogP) is 3.48. The summed E-state index contributed by atoms with van der Waals surface area (Å²) in [4.78, 5) is 16.4. The smallest absolute Gasteiger partial charge is 0.321 e. The molecule has 0 radical (unpaired) electrons. The SMILES string of the molecule is Cc1ccc(CN2CCN(C(=O)Nc3ccc(F)cc3)CC2)cc1. The third-order valence-electron chi connectivity index (χ3n) is 4.28. The molecule has 1 saturated heterocycles. The molecule has 5 heteroatoms. The number of aryl methyl sites for hydroxylation is 1. The lowest BCUT2D eigenvalue weighted by atomic mass is 10.1. The van der Waals surface area contributed by atoms with E-state index in [1.807, 2.05) is 0 Å². The summed E-state index contributed by atoms with van der Waals surface area (Å²) in [6.07, 6.45) is 0. The summed E-state index contributed by atoms with van der Waals surface area (Å²) < 4.78 is 12.9. The van der Waals surface area contributed by atoms with Gasteiger partial charge in [0.2, 0.25) is 0 Å². The van der Waals surface area contributed by atoms with E-state index in [1.165, 1.54) is 23.3 Å². The molecule has 0 atom stereocenters. The highest BCUT2D eigenvalue weighted by atomic mass is 19.1. The summed E-state index contributed by atoms with van der Waals surface area (Å²) in [5.74, 6) is -0.308. The molecular weight excluding hydrogens is 305 g/mol. The Kier molecular flexibility index (Phi) is 5.11. The molecule has 24 heavy (non-hydrogen) atoms. The lowest BCUT2D eigenvalue weighted by Gasteiger charge is -2.34. The Morgan fingerprint density at radius 3 is 2.25 bits per heavy atom. The number of carbonyl (C=O) groups excluding carboxylic acids is 1. The summed E-state index contributed by atoms with van der Waals surface area (Å²) >= 11 is 0. The number of urea groups is 1. The molecule has 3 rings (SSSR count). The first-order valence-electron chi connectivity index (χ1n) is 8.19. The molecule has 0 bridgehead atoms. The van der Waals surface area contributed by atoms with Gasteiger partial charge in [0.15, 0.2) is 0 Å². The van der Waals surface area contributed by atoms with Crippen LogP contribution in [0.4, 0.5) is 14.9 Å². The molecule has 4 nitrogen and oxygen atoms in total. The van der Waals surface area contributed by atoms with Crippen LogP contribution >= 0.6 is 0 Å². The second-order valence-electron chi connectivity index (χ2n) is 6.19. The number of amides is 2. The van der Waals surface area contributed by atoms with E-state index in [0.29, 0.717) is 18.8 Å². The zero-order valence-electron chi connectivity index (χ0n) is 13.8. The van der Waals surface area contributed by atoms with Gasteiger partial charge >= 0.3 is 6.03 Å². The molecule has 126 valence electrons. The Morgan fingerprint density at radius 1 is 1.00 bits per heavy atom. The van der Waals surface area contributed by atoms with E-state index in [1.54, 1.807) is 17.0 Å². The average Bonchev–Trinajstić information content (AvgIpc) is 2.59. The first-order valence-corrected chi connectivity index (χ1v) is 8.19. The van der Waals surface area contributed by atoms with Crippen LogP contribution in [0.5, 0.6) is 0 Å². The van der Waals surface area contributed by atoms with Gasteiger partial charge in [-0.1, -0.05) is 29.8 Å². The number of hydrogen-bond acceptors (Lipinski definition) is 2. The highest BCUT2D eigenvalue weighted by Crippen LogP contribution is 2.12. The van der Waals surface area contributed by atoms with Crippen LogP contribution in [0.25, 0.3) is 0 Å². The molecule has 0 aliphatic carbocycles. The first kappa shape index (κ1) is 16.5. The highest BCUT2D eigenvalue weighted by Gasteiger charge is 2.21. The zero-order chi connectivity index (χ0) is 16.9. The Hall–Kier alpha value is -2.40. The molecule has 0 unspecified atom stereocenters. The lowest BCUT2D eigenvalue weighted by molar-refractivity contribution is 0.143. The standard InChI is InChI=1S/C19H22FN3O/c1-15-2-4-16(5-3-15)14-22-10-12-23(13-11-22)19(24)21-18-8-6-17(20)7-9-18/h2-9H,10-14H2,1H3,(H,21,24). The highest BCUT2D eigenvalue weighted by molar-refractivity contribution is 5.89. The van der Waals surface area contributed by atoms with Crippen molar-refractivity contribution in [2.75, 3.05) is 31.5 Å². The quantitative estimate of drug-likeness (QED) is 0.937. The fourth-order valence-corrected chi connectivity index (χ4v) is 2.80. The minimum absolute atomic E-state index is 0.128. The van der Waals surface area contributed by atoms with Crippen LogP contribution in [0, 0.1) is 12.7 Å². The number of anilines is 1. The Bertz CT molecular complexity index is 677. The molecule has 2 aromatic rings. The van der Waals surface area contributed by atoms with Gasteiger partial charge in [-0.05, 0) is 36.8 Å². The van der Waals surface area contributed by atoms with E-state index < -0.39 is 0 Å². The van der Waals surface area contributed by atoms with Crippen LogP contribution in [0.2, 0.25) is 0 Å². The minimum atomic E-state index is -0.308. The zero-order valence-corrected chi connectivity index (χ0v) is 13.8. The summed E-state index contributed by atoms with van der Waals surface area (Å²) in [6, 6.07) is 14.3. The first-order chi connectivity index (χ1) is 11.6. The molecular formula is C19H22FN3O. The number of nitrogens with one attached hydrogen (secondary N) is 1. The maximum atomic E-state index is 12.9. The normalized spacial score (nSPS) is 15.3. The van der Waals surface area contributed by atoms with Gasteiger partial charge in [-0.3, -0.25) is 4.90 Å². The van der Waals surface area contributed by atoms with Crippen molar-refractivity contribution in [1.29, 1.82) is 0 Å². The fourth-order valence-electron chi connectivity index (χ4n) is 2.80. The van der Waals surface area contributed by atoms with Crippen LogP contribution in [0.15, 0.2) is 48.5 Å². The van der Waals surface area contributed by atoms with E-state index in [-0.39, 0.29) is 11.8 Å². The van der Waals surface area contributed by atoms with Crippen molar-refractivity contribution in [3.63, 3.8) is 0 Å². The number of nitrogens with zero attached hydrogens (tertiary/aromatic N) is 2. The molecule has 0 aromatic heterocycles. The van der Waals surface area contributed by atoms with Gasteiger partial charge in [-0.2, -0.15) is 0 Å². The van der Waals surface area contributed by atoms with E-state index >= 15 is 0 Å². The van der Waals surface area contributed by atoms with Crippen molar-refractivity contribution in [2.24, 2.45) is 0 Å². The van der Waals surface area contributed by atoms with Gasteiger partial charge < -0.3 is 10.2 Å². The molecule has 1 N–H and O–H groups in total. The van der Waals surface area contributed by atoms with E-state index in [0.717, 1.165) is 19.6 Å². The van der Waals surface area contributed by atoms with E-state index in [4.69, 9.17) is 0 Å². The molecule has 2 amide bonds. The van der Waals surface area contributed by atoms with E-state index in [9.17, 15) is 9.18 Å². The largest absolute Gasteiger partial charge is 0.322 e. The van der Waals surface area contributed by atoms with Crippen molar-refractivity contribution in [1.82, 2.24) is 9.80 Å². The summed E-state index contributed by atoms with van der Waals surface area (Å²) in [7, 11) is 0. The Labute approximate surface area is 141 Å². The number of carbonyl (C=O) groups is 1. The van der Waals surface area contributed by atoms with Gasteiger partial charge in [0.05, 0.1) is 0 Å². The van der Waals surface area contributed by atoms with Crippen molar-refractivity contribution < 1.29 is 9.18 Å². The molecule has 0 spiro atoms. The number of benzene rings is 2. The summed E-state index contributed by atoms with van der Waals surface area (Å²) in [5, 5.41) is 2.81. The molecule has 1 aliphatic heterocycles. The monoisotopic (exact) mass is 327 g/mol. The van der Waals surface area contributed by atoms with Crippen LogP contribution in [0.3, 0.4) is 0 Å². The second-order valence-corrected chi connectivity index (χ2v) is 6.19. The Morgan fingerprint density at radius 2 is 1.62 bits per heavy atom. The van der Waals surface area contributed by atoms with Crippen molar-refractivity contribution in [3.05, 3.63) is 65.5 Å². The maximum absolute atomic E-state index is 12.9. The molecule has 0 saturated carbocycles. The van der Waals surface area contributed by atoms with Gasteiger partial charge in [0.25, 0.3) is 0 Å². The van der Waals surface area contributed by atoms with Gasteiger partial charge in [0.1, 0.15) is 5.82 Å². The van der Waals surface area contributed by atoms with Crippen LogP contribution in [-0.4, -0.2) is 42.0 Å². The van der Waals surface area contributed by atoms with E-state index in [2.05, 4.69) is 41.4 Å². The predicted molar refractivity (Wildman–Crippen MR) is 93.4 cm³/mol. The average molecular weight is 327 g/mol. The molecule has 1 fully saturated rings. The number of halogens is 1. The van der Waals surface area contributed by atoms with Gasteiger partial charge in [-0.25, -0.2) is 9.18 Å². The second kappa shape index (κ2) is 7.45. The van der Waals surface area contributed by atoms with Crippen LogP contribution < -0.4 is 5.32 Å². The third-order valence-corrected chi connectivity index (χ3v) is 4.28. The Balaban J connectivity index is 1.48. The molecule has 2 aromatic carbocycles. The lowest BCUT2D eigenvalue weighted by Crippen LogP contribution is -2.49.